The molecule has 2 rings (SSSR count). The third-order valence-corrected chi connectivity index (χ3v) is 3.75. The number of aromatic nitrogens is 2. The van der Waals surface area contributed by atoms with Gasteiger partial charge in [-0.15, -0.1) is 0 Å². The van der Waals surface area contributed by atoms with E-state index in [1.807, 2.05) is 0 Å². The summed E-state index contributed by atoms with van der Waals surface area (Å²) in [5, 5.41) is 0.819. The van der Waals surface area contributed by atoms with E-state index in [1.165, 1.54) is 11.5 Å². The van der Waals surface area contributed by atoms with Gasteiger partial charge in [0.05, 0.1) is 0 Å². The number of ether oxygens (including phenoxy) is 1. The molecular formula is C11H18N4O2S. The molecule has 1 amide bonds. The van der Waals surface area contributed by atoms with Gasteiger partial charge in [0.15, 0.2) is 5.82 Å². The van der Waals surface area contributed by atoms with E-state index in [0.29, 0.717) is 12.4 Å². The zero-order chi connectivity index (χ0) is 13.1. The molecule has 0 saturated carbocycles. The first-order valence-electron chi connectivity index (χ1n) is 5.93. The molecule has 7 heteroatoms. The average Bonchev–Trinajstić information content (AvgIpc) is 2.95. The molecular weight excluding hydrogens is 252 g/mol. The monoisotopic (exact) mass is 270 g/mol. The maximum absolute atomic E-state index is 12.1. The van der Waals surface area contributed by atoms with Crippen molar-refractivity contribution in [3.63, 3.8) is 0 Å². The molecule has 1 unspecified atom stereocenters. The molecule has 1 saturated heterocycles. The number of carbonyl (C=O) groups excluding carboxylic acids is 1. The number of rotatable bonds is 4. The van der Waals surface area contributed by atoms with Crippen LogP contribution in [-0.4, -0.2) is 54.0 Å². The van der Waals surface area contributed by atoms with Crippen LogP contribution >= 0.6 is 11.5 Å². The van der Waals surface area contributed by atoms with Crippen LogP contribution in [-0.2, 0) is 16.1 Å². The minimum atomic E-state index is -0.0941. The number of amides is 1. The molecule has 1 aromatic heterocycles. The molecule has 18 heavy (non-hydrogen) atoms. The number of methoxy groups -OCH3 is 1. The fraction of sp³-hybridized carbons (Fsp3) is 0.727. The Hall–Kier alpha value is -1.21. The van der Waals surface area contributed by atoms with Gasteiger partial charge in [-0.2, -0.15) is 4.37 Å². The second-order valence-corrected chi connectivity index (χ2v) is 5.24. The fourth-order valence-electron chi connectivity index (χ4n) is 2.10. The van der Waals surface area contributed by atoms with Crippen molar-refractivity contribution in [3.05, 3.63) is 5.82 Å². The topological polar surface area (TPSA) is 58.6 Å². The zero-order valence-corrected chi connectivity index (χ0v) is 11.7. The molecule has 100 valence electrons. The zero-order valence-electron chi connectivity index (χ0n) is 10.9. The fourth-order valence-corrected chi connectivity index (χ4v) is 2.85. The summed E-state index contributed by atoms with van der Waals surface area (Å²) in [5.41, 5.74) is 0. The molecule has 1 aliphatic rings. The lowest BCUT2D eigenvalue weighted by Gasteiger charge is -2.25. The van der Waals surface area contributed by atoms with Crippen molar-refractivity contribution in [2.75, 3.05) is 32.6 Å². The Morgan fingerprint density at radius 3 is 3.06 bits per heavy atom. The molecule has 1 atom stereocenters. The van der Waals surface area contributed by atoms with Crippen LogP contribution in [0.2, 0.25) is 0 Å². The first-order chi connectivity index (χ1) is 8.63. The van der Waals surface area contributed by atoms with Crippen molar-refractivity contribution in [1.82, 2.24) is 14.3 Å². The standard InChI is InChI=1S/C11H18N4O2S/c1-14(2)10(16)8-5-4-6-15(8)11-12-9(7-17-3)13-18-11/h8H,4-7H2,1-3H3. The van der Waals surface area contributed by atoms with Gasteiger partial charge >= 0.3 is 0 Å². The first-order valence-corrected chi connectivity index (χ1v) is 6.70. The van der Waals surface area contributed by atoms with Gasteiger partial charge in [0.2, 0.25) is 11.0 Å². The summed E-state index contributed by atoms with van der Waals surface area (Å²) in [7, 11) is 5.19. The summed E-state index contributed by atoms with van der Waals surface area (Å²) in [5.74, 6) is 0.816. The van der Waals surface area contributed by atoms with Crippen LogP contribution in [0.15, 0.2) is 0 Å². The van der Waals surface area contributed by atoms with Crippen LogP contribution in [0.1, 0.15) is 18.7 Å². The van der Waals surface area contributed by atoms with Crippen LogP contribution in [0.4, 0.5) is 5.13 Å². The maximum atomic E-state index is 12.1. The highest BCUT2D eigenvalue weighted by molar-refractivity contribution is 7.09. The van der Waals surface area contributed by atoms with E-state index in [0.717, 1.165) is 24.5 Å². The van der Waals surface area contributed by atoms with Gasteiger partial charge in [-0.3, -0.25) is 4.79 Å². The normalized spacial score (nSPS) is 19.3. The summed E-state index contributed by atoms with van der Waals surface area (Å²) >= 11 is 1.33. The molecule has 0 N–H and O–H groups in total. The van der Waals surface area contributed by atoms with Gasteiger partial charge in [0.25, 0.3) is 0 Å². The number of hydrogen-bond donors (Lipinski definition) is 0. The van der Waals surface area contributed by atoms with E-state index in [2.05, 4.69) is 14.3 Å². The van der Waals surface area contributed by atoms with Gasteiger partial charge in [-0.05, 0) is 12.8 Å². The number of likely N-dealkylation sites (N-methyl/N-ethyl adjacent to an activating group) is 1. The Bertz CT molecular complexity index is 421. The Labute approximate surface area is 111 Å². The minimum absolute atomic E-state index is 0.0941. The van der Waals surface area contributed by atoms with Gasteiger partial charge < -0.3 is 14.5 Å². The van der Waals surface area contributed by atoms with Crippen molar-refractivity contribution in [3.8, 4) is 0 Å². The molecule has 6 nitrogen and oxygen atoms in total. The Morgan fingerprint density at radius 2 is 2.39 bits per heavy atom. The highest BCUT2D eigenvalue weighted by atomic mass is 32.1. The van der Waals surface area contributed by atoms with E-state index in [9.17, 15) is 4.79 Å². The SMILES string of the molecule is COCc1nsc(N2CCCC2C(=O)N(C)C)n1. The van der Waals surface area contributed by atoms with E-state index in [4.69, 9.17) is 4.74 Å². The smallest absolute Gasteiger partial charge is 0.244 e. The lowest BCUT2D eigenvalue weighted by atomic mass is 10.2. The second-order valence-electron chi connectivity index (χ2n) is 4.51. The molecule has 1 aromatic rings. The number of anilines is 1. The van der Waals surface area contributed by atoms with Crippen molar-refractivity contribution in [1.29, 1.82) is 0 Å². The van der Waals surface area contributed by atoms with Crippen LogP contribution in [0.3, 0.4) is 0 Å². The third kappa shape index (κ3) is 2.62. The molecule has 0 aliphatic carbocycles. The van der Waals surface area contributed by atoms with Gasteiger partial charge in [-0.25, -0.2) is 4.98 Å². The third-order valence-electron chi connectivity index (χ3n) is 2.96. The molecule has 1 fully saturated rings. The van der Waals surface area contributed by atoms with E-state index < -0.39 is 0 Å². The van der Waals surface area contributed by atoms with Crippen molar-refractivity contribution in [2.45, 2.75) is 25.5 Å². The van der Waals surface area contributed by atoms with Crippen molar-refractivity contribution >= 4 is 22.6 Å². The van der Waals surface area contributed by atoms with Crippen LogP contribution < -0.4 is 4.90 Å². The summed E-state index contributed by atoms with van der Waals surface area (Å²) in [6, 6.07) is -0.0941. The van der Waals surface area contributed by atoms with E-state index >= 15 is 0 Å². The maximum Gasteiger partial charge on any atom is 0.244 e. The Balaban J connectivity index is 2.12. The predicted molar refractivity (Wildman–Crippen MR) is 69.7 cm³/mol. The van der Waals surface area contributed by atoms with Crippen LogP contribution in [0, 0.1) is 0 Å². The minimum Gasteiger partial charge on any atom is -0.377 e. The van der Waals surface area contributed by atoms with Gasteiger partial charge in [0, 0.05) is 39.3 Å². The molecule has 0 radical (unpaired) electrons. The highest BCUT2D eigenvalue weighted by Crippen LogP contribution is 2.27. The van der Waals surface area contributed by atoms with Gasteiger partial charge in [0.1, 0.15) is 12.6 Å². The summed E-state index contributed by atoms with van der Waals surface area (Å²) in [4.78, 5) is 20.2. The lowest BCUT2D eigenvalue weighted by molar-refractivity contribution is -0.129. The first kappa shape index (κ1) is 13.2. The lowest BCUT2D eigenvalue weighted by Crippen LogP contribution is -2.42. The van der Waals surface area contributed by atoms with Crippen LogP contribution in [0.25, 0.3) is 0 Å². The van der Waals surface area contributed by atoms with Crippen molar-refractivity contribution < 1.29 is 9.53 Å². The molecule has 1 aliphatic heterocycles. The average molecular weight is 270 g/mol. The largest absolute Gasteiger partial charge is 0.377 e. The van der Waals surface area contributed by atoms with Crippen LogP contribution in [0.5, 0.6) is 0 Å². The summed E-state index contributed by atoms with van der Waals surface area (Å²) < 4.78 is 9.23. The highest BCUT2D eigenvalue weighted by Gasteiger charge is 2.33. The molecule has 0 aromatic carbocycles. The van der Waals surface area contributed by atoms with Gasteiger partial charge in [-0.1, -0.05) is 0 Å². The van der Waals surface area contributed by atoms with E-state index in [-0.39, 0.29) is 11.9 Å². The Kier molecular flexibility index (Phi) is 4.13. The molecule has 2 heterocycles. The quantitative estimate of drug-likeness (QED) is 0.807. The predicted octanol–water partition coefficient (Wildman–Crippen LogP) is 0.742. The van der Waals surface area contributed by atoms with Crippen molar-refractivity contribution in [2.24, 2.45) is 0 Å². The molecule has 0 bridgehead atoms. The number of carbonyl (C=O) groups is 1. The molecule has 0 spiro atoms. The van der Waals surface area contributed by atoms with E-state index in [1.54, 1.807) is 26.1 Å². The number of hydrogen-bond acceptors (Lipinski definition) is 6. The number of nitrogens with zero attached hydrogens (tertiary/aromatic N) is 4. The summed E-state index contributed by atoms with van der Waals surface area (Å²) in [6.45, 7) is 1.28. The Morgan fingerprint density at radius 1 is 1.61 bits per heavy atom. The summed E-state index contributed by atoms with van der Waals surface area (Å²) in [6.07, 6.45) is 1.90. The second kappa shape index (κ2) is 5.62.